The van der Waals surface area contributed by atoms with Crippen LogP contribution in [0.5, 0.6) is 0 Å². The van der Waals surface area contributed by atoms with E-state index in [4.69, 9.17) is 4.74 Å². The van der Waals surface area contributed by atoms with Crippen molar-refractivity contribution in [3.05, 3.63) is 36.1 Å². The fourth-order valence-corrected chi connectivity index (χ4v) is 3.34. The number of fused-ring (bicyclic) bond motifs is 1. The summed E-state index contributed by atoms with van der Waals surface area (Å²) in [5.41, 5.74) is 3.65. The first kappa shape index (κ1) is 16.1. The van der Waals surface area contributed by atoms with Crippen molar-refractivity contribution >= 4 is 34.1 Å². The molecule has 3 heterocycles. The van der Waals surface area contributed by atoms with Gasteiger partial charge in [-0.3, -0.25) is 20.0 Å². The molecule has 4 rings (SSSR count). The average Bonchev–Trinajstić information content (AvgIpc) is 3.16. The number of ether oxygens (including phenoxy) is 1. The highest BCUT2D eigenvalue weighted by molar-refractivity contribution is 7.13. The molecular formula is C17H17N5O2S. The van der Waals surface area contributed by atoms with E-state index < -0.39 is 0 Å². The summed E-state index contributed by atoms with van der Waals surface area (Å²) in [5, 5.41) is 3.71. The molecule has 1 saturated heterocycles. The molecule has 1 amide bonds. The Morgan fingerprint density at radius 1 is 1.28 bits per heavy atom. The van der Waals surface area contributed by atoms with Gasteiger partial charge in [-0.25, -0.2) is 9.97 Å². The number of morpholine rings is 1. The SMILES string of the molecule is O=C(CN1CCOCC1)Nc1ncc2ccc(-c3cncs3)cc2n1. The molecule has 25 heavy (non-hydrogen) atoms. The molecule has 7 nitrogen and oxygen atoms in total. The molecule has 1 aromatic carbocycles. The third kappa shape index (κ3) is 3.81. The van der Waals surface area contributed by atoms with Crippen molar-refractivity contribution in [2.24, 2.45) is 0 Å². The molecule has 0 spiro atoms. The van der Waals surface area contributed by atoms with Gasteiger partial charge >= 0.3 is 0 Å². The maximum Gasteiger partial charge on any atom is 0.240 e. The third-order valence-corrected chi connectivity index (χ3v) is 4.84. The number of nitrogens with one attached hydrogen (secondary N) is 1. The molecule has 0 bridgehead atoms. The van der Waals surface area contributed by atoms with E-state index in [0.29, 0.717) is 25.7 Å². The van der Waals surface area contributed by atoms with Gasteiger partial charge in [0.1, 0.15) is 0 Å². The van der Waals surface area contributed by atoms with Crippen LogP contribution in [-0.4, -0.2) is 58.6 Å². The molecule has 2 aromatic heterocycles. The lowest BCUT2D eigenvalue weighted by Gasteiger charge is -2.25. The van der Waals surface area contributed by atoms with Crippen LogP contribution < -0.4 is 5.32 Å². The van der Waals surface area contributed by atoms with Gasteiger partial charge in [-0.2, -0.15) is 0 Å². The van der Waals surface area contributed by atoms with Crippen LogP contribution in [-0.2, 0) is 9.53 Å². The molecule has 8 heteroatoms. The van der Waals surface area contributed by atoms with E-state index in [9.17, 15) is 4.79 Å². The van der Waals surface area contributed by atoms with Crippen molar-refractivity contribution in [3.8, 4) is 10.4 Å². The number of aromatic nitrogens is 3. The number of thiazole rings is 1. The Bertz CT molecular complexity index is 878. The van der Waals surface area contributed by atoms with E-state index >= 15 is 0 Å². The Morgan fingerprint density at radius 3 is 2.96 bits per heavy atom. The monoisotopic (exact) mass is 355 g/mol. The predicted molar refractivity (Wildman–Crippen MR) is 96.5 cm³/mol. The Kier molecular flexibility index (Phi) is 4.64. The fourth-order valence-electron chi connectivity index (χ4n) is 2.72. The summed E-state index contributed by atoms with van der Waals surface area (Å²) in [6.07, 6.45) is 3.56. The molecule has 0 saturated carbocycles. The number of hydrogen-bond acceptors (Lipinski definition) is 7. The first-order valence-electron chi connectivity index (χ1n) is 8.03. The van der Waals surface area contributed by atoms with Gasteiger partial charge in [0.2, 0.25) is 11.9 Å². The predicted octanol–water partition coefficient (Wildman–Crippen LogP) is 2.02. The zero-order chi connectivity index (χ0) is 17.1. The Hall–Kier alpha value is -2.42. The number of carbonyl (C=O) groups excluding carboxylic acids is 1. The highest BCUT2D eigenvalue weighted by Gasteiger charge is 2.15. The fraction of sp³-hybridized carbons (Fsp3) is 0.294. The lowest BCUT2D eigenvalue weighted by molar-refractivity contribution is -0.118. The molecule has 0 unspecified atom stereocenters. The molecule has 1 aliphatic rings. The van der Waals surface area contributed by atoms with Crippen LogP contribution in [0.25, 0.3) is 21.3 Å². The number of benzene rings is 1. The number of rotatable bonds is 4. The van der Waals surface area contributed by atoms with Crippen LogP contribution in [0.2, 0.25) is 0 Å². The lowest BCUT2D eigenvalue weighted by atomic mass is 10.1. The minimum absolute atomic E-state index is 0.111. The van der Waals surface area contributed by atoms with Gasteiger partial charge < -0.3 is 4.74 Å². The summed E-state index contributed by atoms with van der Waals surface area (Å²) in [6.45, 7) is 3.19. The second-order valence-corrected chi connectivity index (χ2v) is 6.66. The van der Waals surface area contributed by atoms with Gasteiger partial charge in [-0.1, -0.05) is 12.1 Å². The first-order valence-corrected chi connectivity index (χ1v) is 8.91. The van der Waals surface area contributed by atoms with Gasteiger partial charge in [0.25, 0.3) is 0 Å². The van der Waals surface area contributed by atoms with Crippen molar-refractivity contribution in [1.29, 1.82) is 0 Å². The third-order valence-electron chi connectivity index (χ3n) is 4.02. The van der Waals surface area contributed by atoms with E-state index in [-0.39, 0.29) is 5.91 Å². The maximum atomic E-state index is 12.2. The largest absolute Gasteiger partial charge is 0.379 e. The van der Waals surface area contributed by atoms with Crippen molar-refractivity contribution in [1.82, 2.24) is 19.9 Å². The van der Waals surface area contributed by atoms with Crippen LogP contribution in [0.3, 0.4) is 0 Å². The number of anilines is 1. The molecule has 0 radical (unpaired) electrons. The molecule has 1 fully saturated rings. The average molecular weight is 355 g/mol. The van der Waals surface area contributed by atoms with Crippen molar-refractivity contribution < 1.29 is 9.53 Å². The van der Waals surface area contributed by atoms with Gasteiger partial charge in [-0.15, -0.1) is 11.3 Å². The topological polar surface area (TPSA) is 80.2 Å². The quantitative estimate of drug-likeness (QED) is 0.771. The molecule has 1 N–H and O–H groups in total. The molecule has 128 valence electrons. The summed E-state index contributed by atoms with van der Waals surface area (Å²) < 4.78 is 5.29. The highest BCUT2D eigenvalue weighted by atomic mass is 32.1. The van der Waals surface area contributed by atoms with E-state index in [1.54, 1.807) is 23.0 Å². The summed E-state index contributed by atoms with van der Waals surface area (Å²) in [7, 11) is 0. The Morgan fingerprint density at radius 2 is 2.16 bits per heavy atom. The van der Waals surface area contributed by atoms with Crippen molar-refractivity contribution in [3.63, 3.8) is 0 Å². The molecular weight excluding hydrogens is 338 g/mol. The molecule has 0 aliphatic carbocycles. The second-order valence-electron chi connectivity index (χ2n) is 5.77. The number of carbonyl (C=O) groups is 1. The van der Waals surface area contributed by atoms with Gasteiger partial charge in [0.05, 0.1) is 35.7 Å². The van der Waals surface area contributed by atoms with Gasteiger partial charge in [0.15, 0.2) is 0 Å². The first-order chi connectivity index (χ1) is 12.3. The number of amides is 1. The molecule has 3 aromatic rings. The summed E-state index contributed by atoms with van der Waals surface area (Å²) >= 11 is 1.58. The molecule has 0 atom stereocenters. The van der Waals surface area contributed by atoms with Crippen molar-refractivity contribution in [2.75, 3.05) is 38.2 Å². The Balaban J connectivity index is 1.50. The van der Waals surface area contributed by atoms with Gasteiger partial charge in [-0.05, 0) is 11.6 Å². The summed E-state index contributed by atoms with van der Waals surface area (Å²) in [6, 6.07) is 5.99. The summed E-state index contributed by atoms with van der Waals surface area (Å²) in [4.78, 5) is 28.1. The normalized spacial score (nSPS) is 15.4. The number of hydrogen-bond donors (Lipinski definition) is 1. The zero-order valence-corrected chi connectivity index (χ0v) is 14.3. The van der Waals surface area contributed by atoms with Crippen LogP contribution in [0, 0.1) is 0 Å². The van der Waals surface area contributed by atoms with E-state index in [1.807, 2.05) is 24.4 Å². The van der Waals surface area contributed by atoms with Crippen LogP contribution in [0.1, 0.15) is 0 Å². The maximum absolute atomic E-state index is 12.2. The van der Waals surface area contributed by atoms with Crippen LogP contribution in [0.15, 0.2) is 36.1 Å². The Labute approximate surface area is 148 Å². The van der Waals surface area contributed by atoms with Crippen molar-refractivity contribution in [2.45, 2.75) is 0 Å². The zero-order valence-electron chi connectivity index (χ0n) is 13.5. The van der Waals surface area contributed by atoms with Crippen LogP contribution in [0.4, 0.5) is 5.95 Å². The highest BCUT2D eigenvalue weighted by Crippen LogP contribution is 2.26. The van der Waals surface area contributed by atoms with E-state index in [1.165, 1.54) is 0 Å². The standard InChI is InChI=1S/C17H17N5O2S/c23-16(10-22-3-5-24-6-4-22)21-17-19-8-13-2-1-12(7-14(13)20-17)15-9-18-11-25-15/h1-2,7-9,11H,3-6,10H2,(H,19,20,21,23). The smallest absolute Gasteiger partial charge is 0.240 e. The lowest BCUT2D eigenvalue weighted by Crippen LogP contribution is -2.41. The summed E-state index contributed by atoms with van der Waals surface area (Å²) in [5.74, 6) is 0.215. The minimum atomic E-state index is -0.111. The number of nitrogens with zero attached hydrogens (tertiary/aromatic N) is 4. The van der Waals surface area contributed by atoms with Crippen LogP contribution >= 0.6 is 11.3 Å². The van der Waals surface area contributed by atoms with E-state index in [0.717, 1.165) is 34.4 Å². The van der Waals surface area contributed by atoms with E-state index in [2.05, 4.69) is 25.2 Å². The second kappa shape index (κ2) is 7.22. The molecule has 1 aliphatic heterocycles. The van der Waals surface area contributed by atoms with Gasteiger partial charge in [0, 0.05) is 30.9 Å². The minimum Gasteiger partial charge on any atom is -0.379 e.